The molecule has 0 radical (unpaired) electrons. The maximum Gasteiger partial charge on any atom is 0.0531 e. The summed E-state index contributed by atoms with van der Waals surface area (Å²) in [5.41, 5.74) is 4.76. The molecule has 0 aliphatic rings. The number of unbranched alkanes of at least 4 members (excludes halogenated alkanes) is 10. The lowest BCUT2D eigenvalue weighted by atomic mass is 9.97. The molecule has 3 heterocycles. The second-order valence-corrected chi connectivity index (χ2v) is 11.5. The van der Waals surface area contributed by atoms with Crippen LogP contribution in [0.2, 0.25) is 0 Å². The molecule has 31 heavy (non-hydrogen) atoms. The SMILES string of the molecule is CCCCCCCCc1csc(-c2sccc2-c2cccs2)c1CCCCCCCC. The molecule has 0 N–H and O–H groups in total. The highest BCUT2D eigenvalue weighted by molar-refractivity contribution is 7.21. The van der Waals surface area contributed by atoms with E-state index in [1.807, 2.05) is 34.0 Å². The average molecular weight is 473 g/mol. The van der Waals surface area contributed by atoms with Gasteiger partial charge in [0.1, 0.15) is 0 Å². The average Bonchev–Trinajstić information content (AvgIpc) is 3.53. The van der Waals surface area contributed by atoms with E-state index in [9.17, 15) is 0 Å². The fourth-order valence-electron chi connectivity index (χ4n) is 4.38. The molecule has 0 nitrogen and oxygen atoms in total. The van der Waals surface area contributed by atoms with Crippen LogP contribution in [0.3, 0.4) is 0 Å². The molecule has 0 aliphatic heterocycles. The molecule has 3 heteroatoms. The van der Waals surface area contributed by atoms with Gasteiger partial charge in [0.05, 0.1) is 4.88 Å². The Morgan fingerprint density at radius 2 is 1.29 bits per heavy atom. The minimum Gasteiger partial charge on any atom is -0.144 e. The molecule has 0 aromatic carbocycles. The predicted molar refractivity (Wildman–Crippen MR) is 145 cm³/mol. The lowest BCUT2D eigenvalue weighted by Gasteiger charge is -2.09. The lowest BCUT2D eigenvalue weighted by Crippen LogP contribution is -1.94. The van der Waals surface area contributed by atoms with Crippen LogP contribution in [0.5, 0.6) is 0 Å². The first kappa shape index (κ1) is 24.7. The van der Waals surface area contributed by atoms with Crippen LogP contribution in [0, 0.1) is 0 Å². The second kappa shape index (κ2) is 14.3. The molecule has 3 aromatic rings. The highest BCUT2D eigenvalue weighted by Gasteiger charge is 2.18. The van der Waals surface area contributed by atoms with Crippen molar-refractivity contribution in [3.8, 4) is 20.2 Å². The van der Waals surface area contributed by atoms with E-state index in [-0.39, 0.29) is 0 Å². The van der Waals surface area contributed by atoms with Crippen LogP contribution in [0.15, 0.2) is 34.3 Å². The predicted octanol–water partition coefficient (Wildman–Crippen LogP) is 11.0. The van der Waals surface area contributed by atoms with E-state index in [1.54, 1.807) is 16.0 Å². The summed E-state index contributed by atoms with van der Waals surface area (Å²) < 4.78 is 0. The van der Waals surface area contributed by atoms with Crippen molar-refractivity contribution in [1.82, 2.24) is 0 Å². The van der Waals surface area contributed by atoms with Gasteiger partial charge in [0, 0.05) is 15.3 Å². The third-order valence-corrected chi connectivity index (χ3v) is 9.27. The Balaban J connectivity index is 1.69. The summed E-state index contributed by atoms with van der Waals surface area (Å²) in [7, 11) is 0. The van der Waals surface area contributed by atoms with Crippen LogP contribution < -0.4 is 0 Å². The number of aryl methyl sites for hydroxylation is 1. The number of hydrogen-bond acceptors (Lipinski definition) is 3. The molecule has 0 bridgehead atoms. The maximum absolute atomic E-state index is 2.49. The van der Waals surface area contributed by atoms with E-state index in [0.29, 0.717) is 0 Å². The molecule has 0 aliphatic carbocycles. The van der Waals surface area contributed by atoms with Gasteiger partial charge in [0.2, 0.25) is 0 Å². The quantitative estimate of drug-likeness (QED) is 0.182. The van der Waals surface area contributed by atoms with Crippen LogP contribution in [0.4, 0.5) is 0 Å². The van der Waals surface area contributed by atoms with E-state index in [0.717, 1.165) is 0 Å². The molecule has 170 valence electrons. The minimum atomic E-state index is 1.26. The largest absolute Gasteiger partial charge is 0.144 e. The Hall–Kier alpha value is -0.900. The summed E-state index contributed by atoms with van der Waals surface area (Å²) in [5.74, 6) is 0. The Kier molecular flexibility index (Phi) is 11.4. The van der Waals surface area contributed by atoms with Crippen molar-refractivity contribution in [2.75, 3.05) is 0 Å². The molecule has 0 spiro atoms. The van der Waals surface area contributed by atoms with E-state index >= 15 is 0 Å². The third-order valence-electron chi connectivity index (χ3n) is 6.22. The fraction of sp³-hybridized carbons (Fsp3) is 0.571. The Labute approximate surface area is 202 Å². The van der Waals surface area contributed by atoms with Gasteiger partial charge >= 0.3 is 0 Å². The normalized spacial score (nSPS) is 11.4. The zero-order valence-corrected chi connectivity index (χ0v) is 22.0. The van der Waals surface area contributed by atoms with E-state index in [4.69, 9.17) is 0 Å². The molecule has 0 unspecified atom stereocenters. The van der Waals surface area contributed by atoms with Gasteiger partial charge in [-0.2, -0.15) is 0 Å². The number of thiophene rings is 3. The molecule has 3 rings (SSSR count). The van der Waals surface area contributed by atoms with Crippen molar-refractivity contribution >= 4 is 34.0 Å². The van der Waals surface area contributed by atoms with Gasteiger partial charge in [-0.3, -0.25) is 0 Å². The Morgan fingerprint density at radius 1 is 0.613 bits per heavy atom. The van der Waals surface area contributed by atoms with Gasteiger partial charge < -0.3 is 0 Å². The zero-order chi connectivity index (χ0) is 21.7. The van der Waals surface area contributed by atoms with Crippen molar-refractivity contribution in [2.24, 2.45) is 0 Å². The molecule has 0 atom stereocenters. The highest BCUT2D eigenvalue weighted by Crippen LogP contribution is 2.44. The summed E-state index contributed by atoms with van der Waals surface area (Å²) in [6, 6.07) is 6.78. The first-order chi connectivity index (χ1) is 15.3. The van der Waals surface area contributed by atoms with Crippen molar-refractivity contribution in [2.45, 2.75) is 104 Å². The van der Waals surface area contributed by atoms with Crippen molar-refractivity contribution < 1.29 is 0 Å². The lowest BCUT2D eigenvalue weighted by molar-refractivity contribution is 0.600. The summed E-state index contributed by atoms with van der Waals surface area (Å²) in [4.78, 5) is 4.48. The van der Waals surface area contributed by atoms with Crippen LogP contribution in [0.25, 0.3) is 20.2 Å². The van der Waals surface area contributed by atoms with Crippen molar-refractivity contribution in [3.05, 3.63) is 45.5 Å². The number of rotatable bonds is 16. The minimum absolute atomic E-state index is 1.26. The van der Waals surface area contributed by atoms with Crippen LogP contribution >= 0.6 is 34.0 Å². The second-order valence-electron chi connectivity index (χ2n) is 8.74. The van der Waals surface area contributed by atoms with Crippen molar-refractivity contribution in [1.29, 1.82) is 0 Å². The topological polar surface area (TPSA) is 0 Å². The third kappa shape index (κ3) is 7.58. The van der Waals surface area contributed by atoms with Gasteiger partial charge in [-0.1, -0.05) is 84.1 Å². The van der Waals surface area contributed by atoms with Gasteiger partial charge in [-0.15, -0.1) is 34.0 Å². The van der Waals surface area contributed by atoms with Gasteiger partial charge in [-0.05, 0) is 65.1 Å². The zero-order valence-electron chi connectivity index (χ0n) is 19.6. The van der Waals surface area contributed by atoms with Crippen LogP contribution in [-0.2, 0) is 12.8 Å². The Bertz CT molecular complexity index is 838. The standard InChI is InChI=1S/C28H40S3/c1-3-5-7-9-11-13-16-23-22-31-27(24(23)17-14-12-10-8-6-4-2)28-25(19-21-30-28)26-18-15-20-29-26/h15,18-22H,3-14,16-17H2,1-2H3. The van der Waals surface area contributed by atoms with Gasteiger partial charge in [0.15, 0.2) is 0 Å². The van der Waals surface area contributed by atoms with Gasteiger partial charge in [-0.25, -0.2) is 0 Å². The summed E-state index contributed by atoms with van der Waals surface area (Å²) in [6.07, 6.45) is 19.1. The van der Waals surface area contributed by atoms with E-state index in [2.05, 4.69) is 48.2 Å². The van der Waals surface area contributed by atoms with E-state index < -0.39 is 0 Å². The molecular formula is C28H40S3. The molecule has 0 saturated heterocycles. The molecular weight excluding hydrogens is 433 g/mol. The molecule has 0 saturated carbocycles. The maximum atomic E-state index is 2.49. The molecule has 0 fully saturated rings. The highest BCUT2D eigenvalue weighted by atomic mass is 32.1. The van der Waals surface area contributed by atoms with Crippen LogP contribution in [-0.4, -0.2) is 0 Å². The van der Waals surface area contributed by atoms with Crippen LogP contribution in [0.1, 0.15) is 102 Å². The first-order valence-corrected chi connectivity index (χ1v) is 15.2. The first-order valence-electron chi connectivity index (χ1n) is 12.6. The Morgan fingerprint density at radius 3 is 1.97 bits per heavy atom. The smallest absolute Gasteiger partial charge is 0.0531 e. The molecule has 3 aromatic heterocycles. The van der Waals surface area contributed by atoms with E-state index in [1.165, 1.54) is 105 Å². The molecule has 0 amide bonds. The fourth-order valence-corrected chi connectivity index (χ4v) is 7.48. The summed E-state index contributed by atoms with van der Waals surface area (Å²) in [5, 5.41) is 6.98. The van der Waals surface area contributed by atoms with Gasteiger partial charge in [0.25, 0.3) is 0 Å². The number of hydrogen-bond donors (Lipinski definition) is 0. The van der Waals surface area contributed by atoms with Crippen molar-refractivity contribution in [3.63, 3.8) is 0 Å². The monoisotopic (exact) mass is 472 g/mol. The summed E-state index contributed by atoms with van der Waals surface area (Å²) >= 11 is 5.80. The summed E-state index contributed by atoms with van der Waals surface area (Å²) in [6.45, 7) is 4.61.